The molecular formula is C20H23N7O3. The zero-order chi connectivity index (χ0) is 21.1. The second-order valence-corrected chi connectivity index (χ2v) is 7.89. The van der Waals surface area contributed by atoms with Crippen molar-refractivity contribution < 1.29 is 14.4 Å². The maximum Gasteiger partial charge on any atom is 0.287 e. The first kappa shape index (κ1) is 19.8. The maximum absolute atomic E-state index is 12.9. The number of hydrogen-bond donors (Lipinski definition) is 4. The normalized spacial score (nSPS) is 20.2. The highest BCUT2D eigenvalue weighted by atomic mass is 16.2. The van der Waals surface area contributed by atoms with Crippen LogP contribution in [0, 0.1) is 23.2 Å². The van der Waals surface area contributed by atoms with E-state index in [1.165, 1.54) is 0 Å². The molecule has 4 N–H and O–H groups in total. The van der Waals surface area contributed by atoms with Crippen molar-refractivity contribution in [3.63, 3.8) is 0 Å². The fraction of sp³-hybridized carbons (Fsp3) is 0.500. The fourth-order valence-electron chi connectivity index (χ4n) is 3.68. The molecule has 10 nitrogen and oxygen atoms in total. The summed E-state index contributed by atoms with van der Waals surface area (Å²) in [6, 6.07) is 2.18. The lowest BCUT2D eigenvalue weighted by Crippen LogP contribution is -2.50. The van der Waals surface area contributed by atoms with E-state index < -0.39 is 23.9 Å². The van der Waals surface area contributed by atoms with E-state index in [9.17, 15) is 19.6 Å². The number of nitrogens with one attached hydrogen (secondary N) is 4. The predicted molar refractivity (Wildman–Crippen MR) is 106 cm³/mol. The van der Waals surface area contributed by atoms with Crippen molar-refractivity contribution in [2.45, 2.75) is 44.2 Å². The number of rotatable bonds is 8. The van der Waals surface area contributed by atoms with Gasteiger partial charge in [0.15, 0.2) is 5.82 Å². The third-order valence-electron chi connectivity index (χ3n) is 5.54. The second kappa shape index (κ2) is 8.49. The van der Waals surface area contributed by atoms with E-state index in [-0.39, 0.29) is 24.1 Å². The quantitative estimate of drug-likeness (QED) is 0.495. The Bertz CT molecular complexity index is 974. The van der Waals surface area contributed by atoms with Gasteiger partial charge in [-0.05, 0) is 31.2 Å². The molecule has 3 amide bonds. The number of nitrogens with zero attached hydrogens (tertiary/aromatic N) is 3. The Kier molecular flexibility index (Phi) is 5.61. The first-order chi connectivity index (χ1) is 14.5. The second-order valence-electron chi connectivity index (χ2n) is 7.89. The van der Waals surface area contributed by atoms with Gasteiger partial charge in [0, 0.05) is 18.7 Å². The summed E-state index contributed by atoms with van der Waals surface area (Å²) < 4.78 is 0. The smallest absolute Gasteiger partial charge is 0.287 e. The highest BCUT2D eigenvalue weighted by molar-refractivity contribution is 5.97. The van der Waals surface area contributed by atoms with Crippen LogP contribution in [0.25, 0.3) is 11.0 Å². The molecule has 3 heterocycles. The van der Waals surface area contributed by atoms with Crippen LogP contribution in [0.1, 0.15) is 42.7 Å². The SMILES string of the molecule is N#C[C@H](C[C@@H]1CCNC1=O)NC(=O)[C@H](CC1CC1)NC(=O)c1nc2ccncc2[nH]1. The summed E-state index contributed by atoms with van der Waals surface area (Å²) in [4.78, 5) is 48.4. The third kappa shape index (κ3) is 4.56. The minimum atomic E-state index is -0.790. The molecule has 1 aliphatic carbocycles. The van der Waals surface area contributed by atoms with Gasteiger partial charge in [0.05, 0.1) is 23.3 Å². The van der Waals surface area contributed by atoms with Gasteiger partial charge in [0.2, 0.25) is 11.8 Å². The van der Waals surface area contributed by atoms with Crippen LogP contribution in [-0.4, -0.2) is 51.3 Å². The van der Waals surface area contributed by atoms with Crippen LogP contribution >= 0.6 is 0 Å². The summed E-state index contributed by atoms with van der Waals surface area (Å²) in [6.45, 7) is 0.586. The maximum atomic E-state index is 12.9. The van der Waals surface area contributed by atoms with Crippen LogP contribution in [0.3, 0.4) is 0 Å². The van der Waals surface area contributed by atoms with Gasteiger partial charge in [-0.3, -0.25) is 19.4 Å². The number of imidazole rings is 1. The van der Waals surface area contributed by atoms with Gasteiger partial charge in [0.1, 0.15) is 12.1 Å². The molecule has 0 spiro atoms. The highest BCUT2D eigenvalue weighted by Gasteiger charge is 2.33. The van der Waals surface area contributed by atoms with Crippen LogP contribution in [-0.2, 0) is 9.59 Å². The summed E-state index contributed by atoms with van der Waals surface area (Å²) in [5.74, 6) is -0.802. The first-order valence-electron chi connectivity index (χ1n) is 10.1. The summed E-state index contributed by atoms with van der Waals surface area (Å²) in [6.07, 6.45) is 6.59. The number of pyridine rings is 1. The standard InChI is InChI=1S/C20H23N7O3/c21-9-13(8-12-3-6-23-18(12)28)24-19(29)15(7-11-1-2-11)27-20(30)17-25-14-4-5-22-10-16(14)26-17/h4-5,10-13,15H,1-3,6-8H2,(H,23,28)(H,24,29)(H,25,26)(H,27,30)/t12-,13-,15-/m0/s1. The molecule has 2 aromatic rings. The molecule has 156 valence electrons. The lowest BCUT2D eigenvalue weighted by atomic mass is 9.98. The molecule has 1 saturated heterocycles. The van der Waals surface area contributed by atoms with Crippen molar-refractivity contribution in [2.24, 2.45) is 11.8 Å². The number of carbonyl (C=O) groups excluding carboxylic acids is 3. The van der Waals surface area contributed by atoms with E-state index in [0.717, 1.165) is 12.8 Å². The number of aromatic nitrogens is 3. The zero-order valence-electron chi connectivity index (χ0n) is 16.4. The molecule has 2 fully saturated rings. The van der Waals surface area contributed by atoms with E-state index in [4.69, 9.17) is 0 Å². The minimum absolute atomic E-state index is 0.0910. The molecule has 1 aliphatic heterocycles. The summed E-state index contributed by atoms with van der Waals surface area (Å²) in [5.41, 5.74) is 1.24. The van der Waals surface area contributed by atoms with Crippen LogP contribution in [0.2, 0.25) is 0 Å². The van der Waals surface area contributed by atoms with Crippen LogP contribution in [0.4, 0.5) is 0 Å². The Balaban J connectivity index is 1.41. The van der Waals surface area contributed by atoms with E-state index in [1.807, 2.05) is 0 Å². The average Bonchev–Trinajstić information content (AvgIpc) is 3.30. The molecule has 0 radical (unpaired) electrons. The van der Waals surface area contributed by atoms with Crippen LogP contribution in [0.5, 0.6) is 0 Å². The first-order valence-corrected chi connectivity index (χ1v) is 10.1. The Morgan fingerprint density at radius 3 is 2.77 bits per heavy atom. The Labute approximate surface area is 172 Å². The minimum Gasteiger partial charge on any atom is -0.356 e. The van der Waals surface area contributed by atoms with Gasteiger partial charge >= 0.3 is 0 Å². The monoisotopic (exact) mass is 409 g/mol. The molecular weight excluding hydrogens is 386 g/mol. The average molecular weight is 409 g/mol. The Morgan fingerprint density at radius 2 is 2.10 bits per heavy atom. The number of carbonyl (C=O) groups is 3. The topological polar surface area (TPSA) is 153 Å². The number of amides is 3. The van der Waals surface area contributed by atoms with Crippen molar-refractivity contribution >= 4 is 28.8 Å². The van der Waals surface area contributed by atoms with Gasteiger partial charge in [0.25, 0.3) is 5.91 Å². The van der Waals surface area contributed by atoms with Crippen molar-refractivity contribution in [1.29, 1.82) is 5.26 Å². The van der Waals surface area contributed by atoms with Crippen molar-refractivity contribution in [2.75, 3.05) is 6.54 Å². The van der Waals surface area contributed by atoms with Crippen LogP contribution < -0.4 is 16.0 Å². The fourth-order valence-corrected chi connectivity index (χ4v) is 3.68. The largest absolute Gasteiger partial charge is 0.356 e. The highest BCUT2D eigenvalue weighted by Crippen LogP contribution is 2.33. The molecule has 3 atom stereocenters. The van der Waals surface area contributed by atoms with Crippen LogP contribution in [0.15, 0.2) is 18.5 Å². The number of aromatic amines is 1. The van der Waals surface area contributed by atoms with E-state index >= 15 is 0 Å². The lowest BCUT2D eigenvalue weighted by molar-refractivity contribution is -0.125. The Hall–Kier alpha value is -3.48. The van der Waals surface area contributed by atoms with Crippen molar-refractivity contribution in [3.8, 4) is 6.07 Å². The molecule has 1 saturated carbocycles. The molecule has 0 unspecified atom stereocenters. The summed E-state index contributed by atoms with van der Waals surface area (Å²) in [5, 5.41) is 17.6. The summed E-state index contributed by atoms with van der Waals surface area (Å²) in [7, 11) is 0. The molecule has 0 bridgehead atoms. The van der Waals surface area contributed by atoms with Gasteiger partial charge < -0.3 is 20.9 Å². The van der Waals surface area contributed by atoms with Crippen molar-refractivity contribution in [1.82, 2.24) is 30.9 Å². The number of hydrogen-bond acceptors (Lipinski definition) is 6. The third-order valence-corrected chi connectivity index (χ3v) is 5.54. The van der Waals surface area contributed by atoms with E-state index in [1.54, 1.807) is 18.5 Å². The zero-order valence-corrected chi connectivity index (χ0v) is 16.4. The molecule has 30 heavy (non-hydrogen) atoms. The number of fused-ring (bicyclic) bond motifs is 1. The molecule has 2 aliphatic rings. The van der Waals surface area contributed by atoms with E-state index in [0.29, 0.717) is 36.3 Å². The number of nitriles is 1. The Morgan fingerprint density at radius 1 is 1.27 bits per heavy atom. The molecule has 4 rings (SSSR count). The van der Waals surface area contributed by atoms with E-state index in [2.05, 4.69) is 37.0 Å². The van der Waals surface area contributed by atoms with Gasteiger partial charge in [-0.1, -0.05) is 12.8 Å². The van der Waals surface area contributed by atoms with Gasteiger partial charge in [-0.15, -0.1) is 0 Å². The number of H-pyrrole nitrogens is 1. The summed E-state index contributed by atoms with van der Waals surface area (Å²) >= 11 is 0. The van der Waals surface area contributed by atoms with Gasteiger partial charge in [-0.2, -0.15) is 5.26 Å². The lowest BCUT2D eigenvalue weighted by Gasteiger charge is -2.21. The van der Waals surface area contributed by atoms with Gasteiger partial charge in [-0.25, -0.2) is 4.98 Å². The molecule has 0 aromatic carbocycles. The molecule has 2 aromatic heterocycles. The molecule has 10 heteroatoms. The predicted octanol–water partition coefficient (Wildman–Crippen LogP) is 0.391. The van der Waals surface area contributed by atoms with Crippen molar-refractivity contribution in [3.05, 3.63) is 24.3 Å².